The number of carbonyl (C=O) groups excluding carboxylic acids is 1. The minimum atomic E-state index is -4.36. The van der Waals surface area contributed by atoms with Gasteiger partial charge < -0.3 is 21.1 Å². The summed E-state index contributed by atoms with van der Waals surface area (Å²) in [5, 5.41) is 13.5. The Morgan fingerprint density at radius 2 is 1.20 bits per heavy atom. The lowest BCUT2D eigenvalue weighted by Crippen LogP contribution is -2.45. The van der Waals surface area contributed by atoms with E-state index in [1.165, 1.54) is 19.3 Å². The minimum Gasteiger partial charge on any atom is -0.387 e. The highest BCUT2D eigenvalue weighted by molar-refractivity contribution is 7.47. The van der Waals surface area contributed by atoms with E-state index >= 15 is 0 Å². The van der Waals surface area contributed by atoms with Crippen LogP contribution in [-0.4, -0.2) is 47.8 Å². The summed E-state index contributed by atoms with van der Waals surface area (Å²) in [6, 6.07) is -0.900. The zero-order valence-corrected chi connectivity index (χ0v) is 31.5. The second-order valence-electron chi connectivity index (χ2n) is 12.0. The van der Waals surface area contributed by atoms with Crippen LogP contribution in [0.1, 0.15) is 129 Å². The molecule has 5 N–H and O–H groups in total. The van der Waals surface area contributed by atoms with Crippen molar-refractivity contribution >= 4 is 13.7 Å². The maximum absolute atomic E-state index is 12.7. The maximum Gasteiger partial charge on any atom is 0.472 e. The van der Waals surface area contributed by atoms with Crippen molar-refractivity contribution in [3.63, 3.8) is 0 Å². The van der Waals surface area contributed by atoms with Crippen LogP contribution < -0.4 is 11.1 Å². The third kappa shape index (κ3) is 33.9. The van der Waals surface area contributed by atoms with Crippen molar-refractivity contribution < 1.29 is 28.4 Å². The fourth-order valence-corrected chi connectivity index (χ4v) is 5.38. The van der Waals surface area contributed by atoms with Crippen LogP contribution in [0.15, 0.2) is 85.1 Å². The Hall–Kier alpha value is -2.32. The van der Waals surface area contributed by atoms with Gasteiger partial charge in [-0.3, -0.25) is 13.8 Å². The number of hydrogen-bond donors (Lipinski definition) is 4. The molecule has 280 valence electrons. The Labute approximate surface area is 299 Å². The Morgan fingerprint density at radius 3 is 1.80 bits per heavy atom. The van der Waals surface area contributed by atoms with Crippen LogP contribution >= 0.6 is 7.82 Å². The summed E-state index contributed by atoms with van der Waals surface area (Å²) in [5.41, 5.74) is 5.35. The van der Waals surface area contributed by atoms with Crippen molar-refractivity contribution in [3.05, 3.63) is 85.1 Å². The Morgan fingerprint density at radius 1 is 0.694 bits per heavy atom. The van der Waals surface area contributed by atoms with Gasteiger partial charge in [-0.05, 0) is 83.5 Å². The maximum atomic E-state index is 12.7. The first kappa shape index (κ1) is 46.7. The molecule has 0 bridgehead atoms. The second-order valence-corrected chi connectivity index (χ2v) is 13.5. The van der Waals surface area contributed by atoms with Gasteiger partial charge in [-0.1, -0.05) is 125 Å². The molecular formula is C40H69N2O6P. The monoisotopic (exact) mass is 704 g/mol. The van der Waals surface area contributed by atoms with Gasteiger partial charge >= 0.3 is 7.82 Å². The molecule has 0 rings (SSSR count). The molecule has 9 heteroatoms. The number of phosphoric ester groups is 1. The molecule has 0 aliphatic rings. The number of carbonyl (C=O) groups is 1. The lowest BCUT2D eigenvalue weighted by Gasteiger charge is -2.23. The number of phosphoric acid groups is 1. The normalized spacial score (nSPS) is 15.3. The molecule has 8 nitrogen and oxygen atoms in total. The molecule has 0 aliphatic heterocycles. The number of aliphatic hydroxyl groups excluding tert-OH is 1. The van der Waals surface area contributed by atoms with Crippen LogP contribution in [0.5, 0.6) is 0 Å². The lowest BCUT2D eigenvalue weighted by atomic mass is 10.1. The first-order chi connectivity index (χ1) is 23.9. The highest BCUT2D eigenvalue weighted by atomic mass is 31.2. The van der Waals surface area contributed by atoms with E-state index < -0.39 is 20.0 Å². The van der Waals surface area contributed by atoms with Crippen molar-refractivity contribution in [3.8, 4) is 0 Å². The highest BCUT2D eigenvalue weighted by Gasteiger charge is 2.26. The fraction of sp³-hybridized carbons (Fsp3) is 0.625. The van der Waals surface area contributed by atoms with Gasteiger partial charge in [0.15, 0.2) is 0 Å². The zero-order valence-electron chi connectivity index (χ0n) is 30.6. The first-order valence-electron chi connectivity index (χ1n) is 18.7. The molecule has 0 saturated heterocycles. The van der Waals surface area contributed by atoms with E-state index in [2.05, 4.69) is 92.1 Å². The molecule has 0 aromatic rings. The van der Waals surface area contributed by atoms with E-state index in [9.17, 15) is 19.4 Å². The number of unbranched alkanes of at least 4 members (excludes halogenated alkanes) is 9. The summed E-state index contributed by atoms with van der Waals surface area (Å²) in [6.07, 6.45) is 46.3. The number of nitrogens with two attached hydrogens (primary N) is 1. The molecule has 0 fully saturated rings. The van der Waals surface area contributed by atoms with Gasteiger partial charge in [0.05, 0.1) is 25.4 Å². The third-order valence-corrected chi connectivity index (χ3v) is 8.42. The number of aliphatic hydroxyl groups is 1. The van der Waals surface area contributed by atoms with Gasteiger partial charge in [0, 0.05) is 13.0 Å². The van der Waals surface area contributed by atoms with Crippen LogP contribution in [-0.2, 0) is 18.4 Å². The van der Waals surface area contributed by atoms with E-state index in [0.29, 0.717) is 6.42 Å². The number of hydrogen-bond acceptors (Lipinski definition) is 6. The summed E-state index contributed by atoms with van der Waals surface area (Å²) >= 11 is 0. The molecule has 0 spiro atoms. The van der Waals surface area contributed by atoms with Gasteiger partial charge in [-0.2, -0.15) is 0 Å². The molecule has 0 radical (unpaired) electrons. The van der Waals surface area contributed by atoms with Crippen LogP contribution in [0.25, 0.3) is 0 Å². The fourth-order valence-electron chi connectivity index (χ4n) is 4.62. The first-order valence-corrected chi connectivity index (χ1v) is 20.2. The number of allylic oxidation sites excluding steroid dienone is 13. The predicted octanol–water partition coefficient (Wildman–Crippen LogP) is 9.88. The summed E-state index contributed by atoms with van der Waals surface area (Å²) < 4.78 is 22.0. The lowest BCUT2D eigenvalue weighted by molar-refractivity contribution is -0.123. The van der Waals surface area contributed by atoms with Gasteiger partial charge in [-0.25, -0.2) is 4.57 Å². The topological polar surface area (TPSA) is 131 Å². The second kappa shape index (κ2) is 35.5. The molecule has 0 aliphatic carbocycles. The molecule has 1 amide bonds. The molecule has 49 heavy (non-hydrogen) atoms. The average Bonchev–Trinajstić information content (AvgIpc) is 3.09. The van der Waals surface area contributed by atoms with Crippen LogP contribution in [0.3, 0.4) is 0 Å². The molecule has 3 unspecified atom stereocenters. The van der Waals surface area contributed by atoms with E-state index in [4.69, 9.17) is 14.8 Å². The molecule has 0 saturated carbocycles. The Kier molecular flexibility index (Phi) is 33.8. The summed E-state index contributed by atoms with van der Waals surface area (Å²) in [5.74, 6) is -0.238. The number of rotatable bonds is 33. The van der Waals surface area contributed by atoms with Gasteiger partial charge in [0.1, 0.15) is 0 Å². The van der Waals surface area contributed by atoms with Crippen molar-refractivity contribution in [2.24, 2.45) is 5.73 Å². The van der Waals surface area contributed by atoms with Gasteiger partial charge in [0.25, 0.3) is 0 Å². The van der Waals surface area contributed by atoms with E-state index in [0.717, 1.165) is 89.9 Å². The molecule has 0 heterocycles. The quantitative estimate of drug-likeness (QED) is 0.0304. The average molecular weight is 705 g/mol. The summed E-state index contributed by atoms with van der Waals surface area (Å²) in [4.78, 5) is 22.6. The van der Waals surface area contributed by atoms with Crippen molar-refractivity contribution in [1.82, 2.24) is 5.32 Å². The Bertz CT molecular complexity index is 1030. The summed E-state index contributed by atoms with van der Waals surface area (Å²) in [6.45, 7) is 3.90. The predicted molar refractivity (Wildman–Crippen MR) is 207 cm³/mol. The molecule has 0 aromatic heterocycles. The van der Waals surface area contributed by atoms with Crippen molar-refractivity contribution in [2.45, 2.75) is 142 Å². The number of nitrogens with one attached hydrogen (secondary N) is 1. The Balaban J connectivity index is 4.46. The standard InChI is InChI=1S/C40H69N2O6P/c1-3-5-7-9-11-13-15-17-18-19-20-22-24-26-28-30-32-34-40(44)42-38(37-48-49(45,46)47-36-35-41)39(43)33-31-29-27-25-23-21-16-14-12-10-8-6-4-2/h5,7,11-14,17-18,20,22-23,25,31,33,38-39,43H,3-4,6,8-10,15-16,19,21,24,26-30,32,34-37,41H2,1-2H3,(H,42,44)(H,45,46)/b7-5-,13-11-,14-12+,18-17-,22-20-,25-23+,33-31+. The molecular weight excluding hydrogens is 635 g/mol. The smallest absolute Gasteiger partial charge is 0.387 e. The largest absolute Gasteiger partial charge is 0.472 e. The molecule has 3 atom stereocenters. The van der Waals surface area contributed by atoms with Gasteiger partial charge in [-0.15, -0.1) is 0 Å². The highest BCUT2D eigenvalue weighted by Crippen LogP contribution is 2.43. The van der Waals surface area contributed by atoms with E-state index in [1.54, 1.807) is 6.08 Å². The SMILES string of the molecule is CC/C=C\C/C=C\C/C=C\C/C=C\CCCCCCC(=O)NC(COP(=O)(O)OCCN)C(O)/C=C/CC/C=C/CC/C=C/CCCCC. The van der Waals surface area contributed by atoms with Crippen LogP contribution in [0.4, 0.5) is 0 Å². The van der Waals surface area contributed by atoms with Crippen molar-refractivity contribution in [2.75, 3.05) is 19.8 Å². The van der Waals surface area contributed by atoms with E-state index in [1.807, 2.05) is 6.08 Å². The zero-order chi connectivity index (χ0) is 36.1. The van der Waals surface area contributed by atoms with Crippen molar-refractivity contribution in [1.29, 1.82) is 0 Å². The molecule has 0 aromatic carbocycles. The minimum absolute atomic E-state index is 0.0626. The number of amides is 1. The van der Waals surface area contributed by atoms with Crippen LogP contribution in [0, 0.1) is 0 Å². The van der Waals surface area contributed by atoms with Gasteiger partial charge in [0.2, 0.25) is 5.91 Å². The summed E-state index contributed by atoms with van der Waals surface area (Å²) in [7, 11) is -4.36. The van der Waals surface area contributed by atoms with E-state index in [-0.39, 0.29) is 25.7 Å². The van der Waals surface area contributed by atoms with Crippen LogP contribution in [0.2, 0.25) is 0 Å². The third-order valence-electron chi connectivity index (χ3n) is 7.43.